The number of furan rings is 1. The molecule has 1 heterocycles. The van der Waals surface area contributed by atoms with Gasteiger partial charge in [-0.25, -0.2) is 0 Å². The van der Waals surface area contributed by atoms with E-state index in [4.69, 9.17) is 19.7 Å². The third kappa shape index (κ3) is 4.44. The monoisotopic (exact) mass is 311 g/mol. The number of thioether (sulfide) groups is 1. The second-order valence-electron chi connectivity index (χ2n) is 4.05. The van der Waals surface area contributed by atoms with Crippen LogP contribution in [0.15, 0.2) is 16.5 Å². The SMILES string of the molecule is O=C(NC(CO)(CO)CO)c1ccc(CSC(F)F)o1. The minimum atomic E-state index is -2.54. The molecule has 0 saturated carbocycles. The fraction of sp³-hybridized carbons (Fsp3) is 0.545. The van der Waals surface area contributed by atoms with Gasteiger partial charge in [0, 0.05) is 0 Å². The predicted octanol–water partition coefficient (Wildman–Crippen LogP) is 0.181. The van der Waals surface area contributed by atoms with Crippen molar-refractivity contribution in [1.29, 1.82) is 0 Å². The average Bonchev–Trinajstić information content (AvgIpc) is 2.91. The minimum Gasteiger partial charge on any atom is -0.455 e. The van der Waals surface area contributed by atoms with E-state index in [1.54, 1.807) is 0 Å². The third-order valence-corrected chi connectivity index (χ3v) is 3.23. The fourth-order valence-corrected chi connectivity index (χ4v) is 1.74. The lowest BCUT2D eigenvalue weighted by molar-refractivity contribution is 0.0363. The van der Waals surface area contributed by atoms with Gasteiger partial charge in [-0.15, -0.1) is 0 Å². The first kappa shape index (κ1) is 16.9. The first-order chi connectivity index (χ1) is 9.46. The second kappa shape index (κ2) is 7.58. The first-order valence-corrected chi connectivity index (χ1v) is 6.65. The number of amides is 1. The second-order valence-corrected chi connectivity index (χ2v) is 5.02. The van der Waals surface area contributed by atoms with Crippen molar-refractivity contribution >= 4 is 17.7 Å². The van der Waals surface area contributed by atoms with Crippen LogP contribution in [-0.2, 0) is 5.75 Å². The Bertz CT molecular complexity index is 428. The van der Waals surface area contributed by atoms with Crippen molar-refractivity contribution in [3.8, 4) is 0 Å². The number of carbonyl (C=O) groups excluding carboxylic acids is 1. The molecule has 1 rings (SSSR count). The highest BCUT2D eigenvalue weighted by Gasteiger charge is 2.31. The molecule has 0 bridgehead atoms. The van der Waals surface area contributed by atoms with Gasteiger partial charge in [-0.3, -0.25) is 4.79 Å². The van der Waals surface area contributed by atoms with Gasteiger partial charge in [-0.2, -0.15) is 8.78 Å². The number of nitrogens with one attached hydrogen (secondary N) is 1. The maximum Gasteiger partial charge on any atom is 0.287 e. The number of alkyl halides is 2. The zero-order valence-corrected chi connectivity index (χ0v) is 11.2. The van der Waals surface area contributed by atoms with Crippen LogP contribution in [0.5, 0.6) is 0 Å². The van der Waals surface area contributed by atoms with E-state index in [0.717, 1.165) is 0 Å². The zero-order chi connectivity index (χ0) is 15.2. The summed E-state index contributed by atoms with van der Waals surface area (Å²) in [4.78, 5) is 11.8. The van der Waals surface area contributed by atoms with E-state index in [-0.39, 0.29) is 17.3 Å². The molecule has 20 heavy (non-hydrogen) atoms. The van der Waals surface area contributed by atoms with Gasteiger partial charge in [0.2, 0.25) is 0 Å². The molecular formula is C11H15F2NO5S. The molecule has 0 aliphatic rings. The van der Waals surface area contributed by atoms with E-state index in [0.29, 0.717) is 11.8 Å². The van der Waals surface area contributed by atoms with E-state index in [1.807, 2.05) is 0 Å². The summed E-state index contributed by atoms with van der Waals surface area (Å²) in [5.74, 6) is -3.35. The summed E-state index contributed by atoms with van der Waals surface area (Å²) in [7, 11) is 0. The molecule has 0 aromatic carbocycles. The third-order valence-electron chi connectivity index (χ3n) is 2.52. The minimum absolute atomic E-state index is 0.0872. The quantitative estimate of drug-likeness (QED) is 0.546. The van der Waals surface area contributed by atoms with Crippen molar-refractivity contribution in [3.63, 3.8) is 0 Å². The predicted molar refractivity (Wildman–Crippen MR) is 67.5 cm³/mol. The van der Waals surface area contributed by atoms with E-state index in [1.165, 1.54) is 12.1 Å². The molecule has 0 aliphatic heterocycles. The van der Waals surface area contributed by atoms with Crippen LogP contribution in [0, 0.1) is 0 Å². The van der Waals surface area contributed by atoms with Crippen molar-refractivity contribution in [1.82, 2.24) is 5.32 Å². The van der Waals surface area contributed by atoms with Crippen LogP contribution in [-0.4, -0.2) is 52.3 Å². The Morgan fingerprint density at radius 2 is 1.90 bits per heavy atom. The molecule has 0 atom stereocenters. The van der Waals surface area contributed by atoms with Gasteiger partial charge in [0.15, 0.2) is 5.76 Å². The summed E-state index contributed by atoms with van der Waals surface area (Å²) in [6, 6.07) is 2.66. The van der Waals surface area contributed by atoms with Gasteiger partial charge >= 0.3 is 0 Å². The summed E-state index contributed by atoms with van der Waals surface area (Å²) in [6.45, 7) is -2.00. The Labute approximate surface area is 117 Å². The number of aliphatic hydroxyl groups excluding tert-OH is 3. The lowest BCUT2D eigenvalue weighted by Crippen LogP contribution is -2.56. The molecule has 0 aliphatic carbocycles. The summed E-state index contributed by atoms with van der Waals surface area (Å²) in [6.07, 6.45) is 0. The van der Waals surface area contributed by atoms with Gasteiger partial charge in [0.1, 0.15) is 11.3 Å². The van der Waals surface area contributed by atoms with Gasteiger partial charge in [0.05, 0.1) is 25.6 Å². The van der Waals surface area contributed by atoms with Crippen LogP contribution < -0.4 is 5.32 Å². The Kier molecular flexibility index (Phi) is 6.40. The summed E-state index contributed by atoms with van der Waals surface area (Å²) in [5, 5.41) is 29.4. The Morgan fingerprint density at radius 1 is 1.30 bits per heavy atom. The molecule has 1 aromatic heterocycles. The number of hydrogen-bond donors (Lipinski definition) is 4. The first-order valence-electron chi connectivity index (χ1n) is 5.60. The molecule has 0 spiro atoms. The molecule has 1 aromatic rings. The Morgan fingerprint density at radius 3 is 2.40 bits per heavy atom. The van der Waals surface area contributed by atoms with Crippen molar-refractivity contribution < 1.29 is 33.3 Å². The average molecular weight is 311 g/mol. The van der Waals surface area contributed by atoms with Gasteiger partial charge in [-0.1, -0.05) is 11.8 Å². The summed E-state index contributed by atoms with van der Waals surface area (Å²) >= 11 is 0.357. The molecule has 4 N–H and O–H groups in total. The highest BCUT2D eigenvalue weighted by molar-refractivity contribution is 7.98. The summed E-state index contributed by atoms with van der Waals surface area (Å²) < 4.78 is 29.1. The Hall–Kier alpha value is -1.16. The standard InChI is InChI=1S/C11H15F2NO5S/c12-10(13)20-3-7-1-2-8(19-7)9(18)14-11(4-15,5-16)6-17/h1-2,10,15-17H,3-6H2,(H,14,18). The Balaban J connectivity index is 2.68. The number of halogens is 2. The zero-order valence-electron chi connectivity index (χ0n) is 10.4. The van der Waals surface area contributed by atoms with Gasteiger partial charge in [-0.05, 0) is 12.1 Å². The van der Waals surface area contributed by atoms with Gasteiger partial charge in [0.25, 0.3) is 11.7 Å². The smallest absolute Gasteiger partial charge is 0.287 e. The topological polar surface area (TPSA) is 103 Å². The van der Waals surface area contributed by atoms with Crippen molar-refractivity contribution in [2.45, 2.75) is 17.0 Å². The summed E-state index contributed by atoms with van der Waals surface area (Å²) in [5.41, 5.74) is -1.57. The number of carbonyl (C=O) groups is 1. The van der Waals surface area contributed by atoms with E-state index >= 15 is 0 Å². The molecule has 9 heteroatoms. The number of hydrogen-bond acceptors (Lipinski definition) is 6. The highest BCUT2D eigenvalue weighted by atomic mass is 32.2. The largest absolute Gasteiger partial charge is 0.455 e. The normalized spacial score (nSPS) is 11.9. The maximum atomic E-state index is 12.0. The molecule has 0 saturated heterocycles. The molecule has 1 amide bonds. The van der Waals surface area contributed by atoms with Gasteiger partial charge < -0.3 is 25.1 Å². The van der Waals surface area contributed by atoms with Crippen LogP contribution in [0.2, 0.25) is 0 Å². The molecule has 0 fully saturated rings. The van der Waals surface area contributed by atoms with Crippen molar-refractivity contribution in [2.75, 3.05) is 19.8 Å². The van der Waals surface area contributed by atoms with E-state index in [9.17, 15) is 13.6 Å². The molecule has 6 nitrogen and oxygen atoms in total. The van der Waals surface area contributed by atoms with Crippen LogP contribution in [0.3, 0.4) is 0 Å². The van der Waals surface area contributed by atoms with Crippen LogP contribution >= 0.6 is 11.8 Å². The maximum absolute atomic E-state index is 12.0. The number of aliphatic hydroxyl groups is 3. The highest BCUT2D eigenvalue weighted by Crippen LogP contribution is 2.21. The van der Waals surface area contributed by atoms with Crippen LogP contribution in [0.25, 0.3) is 0 Å². The van der Waals surface area contributed by atoms with E-state index < -0.39 is 37.0 Å². The molecule has 0 radical (unpaired) electrons. The molecule has 114 valence electrons. The van der Waals surface area contributed by atoms with Crippen molar-refractivity contribution in [2.24, 2.45) is 0 Å². The molecule has 0 unspecified atom stereocenters. The van der Waals surface area contributed by atoms with Crippen molar-refractivity contribution in [3.05, 3.63) is 23.7 Å². The van der Waals surface area contributed by atoms with E-state index in [2.05, 4.69) is 5.32 Å². The van der Waals surface area contributed by atoms with Crippen LogP contribution in [0.4, 0.5) is 8.78 Å². The fourth-order valence-electron chi connectivity index (χ4n) is 1.29. The lowest BCUT2D eigenvalue weighted by Gasteiger charge is -2.28. The van der Waals surface area contributed by atoms with Crippen LogP contribution in [0.1, 0.15) is 16.3 Å². The number of rotatable bonds is 8. The molecular weight excluding hydrogens is 296 g/mol. The lowest BCUT2D eigenvalue weighted by atomic mass is 10.0.